The quantitative estimate of drug-likeness (QED) is 0.799. The highest BCUT2D eigenvalue weighted by Gasteiger charge is 2.11. The molecule has 1 atom stereocenters. The lowest BCUT2D eigenvalue weighted by Gasteiger charge is -2.18. The molecule has 0 saturated heterocycles. The van der Waals surface area contributed by atoms with Gasteiger partial charge in [0.25, 0.3) is 0 Å². The van der Waals surface area contributed by atoms with Crippen molar-refractivity contribution in [3.63, 3.8) is 0 Å². The van der Waals surface area contributed by atoms with Crippen LogP contribution in [0.3, 0.4) is 0 Å². The molecule has 4 heteroatoms. The molecule has 0 aromatic heterocycles. The Morgan fingerprint density at radius 1 is 1.31 bits per heavy atom. The maximum Gasteiger partial charge on any atom is 0.0816 e. The van der Waals surface area contributed by atoms with Crippen LogP contribution in [0.2, 0.25) is 5.02 Å². The highest BCUT2D eigenvalue weighted by Crippen LogP contribution is 2.24. The van der Waals surface area contributed by atoms with Gasteiger partial charge in [-0.05, 0) is 25.1 Å². The first kappa shape index (κ1) is 13.5. The second kappa shape index (κ2) is 6.86. The van der Waals surface area contributed by atoms with Gasteiger partial charge < -0.3 is 15.1 Å². The summed E-state index contributed by atoms with van der Waals surface area (Å²) in [5.41, 5.74) is 0.765. The van der Waals surface area contributed by atoms with Crippen molar-refractivity contribution in [1.29, 1.82) is 0 Å². The number of hydrogen-bond donors (Lipinski definition) is 2. The van der Waals surface area contributed by atoms with Crippen molar-refractivity contribution in [1.82, 2.24) is 4.90 Å². The molecule has 0 spiro atoms. The molecule has 90 valence electrons. The Bertz CT molecular complexity index is 320. The van der Waals surface area contributed by atoms with Gasteiger partial charge in [-0.15, -0.1) is 0 Å². The van der Waals surface area contributed by atoms with Crippen molar-refractivity contribution < 1.29 is 10.2 Å². The van der Waals surface area contributed by atoms with Crippen LogP contribution < -0.4 is 0 Å². The second-order valence-electron chi connectivity index (χ2n) is 3.85. The normalized spacial score (nSPS) is 13.1. The molecule has 0 radical (unpaired) electrons. The minimum absolute atomic E-state index is 0.138. The molecule has 1 aromatic carbocycles. The average molecular weight is 244 g/mol. The summed E-state index contributed by atoms with van der Waals surface area (Å²) in [6.07, 6.45) is 0.0649. The number of halogens is 1. The van der Waals surface area contributed by atoms with Crippen LogP contribution in [0.15, 0.2) is 24.3 Å². The van der Waals surface area contributed by atoms with Gasteiger partial charge >= 0.3 is 0 Å². The lowest BCUT2D eigenvalue weighted by molar-refractivity contribution is 0.141. The van der Waals surface area contributed by atoms with Gasteiger partial charge in [-0.2, -0.15) is 0 Å². The Morgan fingerprint density at radius 3 is 2.62 bits per heavy atom. The van der Waals surface area contributed by atoms with Gasteiger partial charge in [0, 0.05) is 18.1 Å². The number of benzene rings is 1. The fourth-order valence-corrected chi connectivity index (χ4v) is 1.79. The molecular weight excluding hydrogens is 226 g/mol. The number of hydrogen-bond acceptors (Lipinski definition) is 3. The van der Waals surface area contributed by atoms with E-state index in [1.807, 2.05) is 30.1 Å². The first-order chi connectivity index (χ1) is 7.65. The minimum atomic E-state index is -0.546. The molecule has 0 aliphatic rings. The molecule has 0 fully saturated rings. The Hall–Kier alpha value is -0.610. The van der Waals surface area contributed by atoms with Gasteiger partial charge in [-0.3, -0.25) is 0 Å². The molecule has 1 aromatic rings. The van der Waals surface area contributed by atoms with Crippen molar-refractivity contribution in [2.45, 2.75) is 12.5 Å². The van der Waals surface area contributed by atoms with Crippen LogP contribution in [0, 0.1) is 0 Å². The van der Waals surface area contributed by atoms with E-state index in [4.69, 9.17) is 16.7 Å². The molecule has 0 bridgehead atoms. The Balaban J connectivity index is 2.46. The predicted octanol–water partition coefficient (Wildman–Crippen LogP) is 1.69. The fraction of sp³-hybridized carbons (Fsp3) is 0.500. The first-order valence-electron chi connectivity index (χ1n) is 5.37. The van der Waals surface area contributed by atoms with E-state index in [9.17, 15) is 5.11 Å². The van der Waals surface area contributed by atoms with Crippen LogP contribution in [-0.2, 0) is 0 Å². The van der Waals surface area contributed by atoms with Gasteiger partial charge in [0.1, 0.15) is 0 Å². The van der Waals surface area contributed by atoms with Gasteiger partial charge in [0.15, 0.2) is 0 Å². The van der Waals surface area contributed by atoms with Crippen LogP contribution in [0.5, 0.6) is 0 Å². The summed E-state index contributed by atoms with van der Waals surface area (Å²) in [4.78, 5) is 1.97. The molecule has 3 nitrogen and oxygen atoms in total. The summed E-state index contributed by atoms with van der Waals surface area (Å²) in [5, 5.41) is 19.3. The Kier molecular flexibility index (Phi) is 5.77. The number of likely N-dealkylation sites (N-methyl/N-ethyl adjacent to an activating group) is 1. The van der Waals surface area contributed by atoms with Gasteiger partial charge in [0.2, 0.25) is 0 Å². The summed E-state index contributed by atoms with van der Waals surface area (Å²) in [7, 11) is 1.91. The van der Waals surface area contributed by atoms with Crippen LogP contribution >= 0.6 is 11.6 Å². The zero-order valence-electron chi connectivity index (χ0n) is 9.43. The molecule has 16 heavy (non-hydrogen) atoms. The van der Waals surface area contributed by atoms with Crippen LogP contribution in [0.25, 0.3) is 0 Å². The second-order valence-corrected chi connectivity index (χ2v) is 4.26. The fourth-order valence-electron chi connectivity index (χ4n) is 1.53. The molecule has 1 unspecified atom stereocenters. The highest BCUT2D eigenvalue weighted by atomic mass is 35.5. The Morgan fingerprint density at radius 2 is 2.00 bits per heavy atom. The maximum atomic E-state index is 9.94. The maximum absolute atomic E-state index is 9.94. The molecule has 1 rings (SSSR count). The molecular formula is C12H18ClNO2. The summed E-state index contributed by atoms with van der Waals surface area (Å²) >= 11 is 5.98. The largest absolute Gasteiger partial charge is 0.395 e. The van der Waals surface area contributed by atoms with Crippen LogP contribution in [0.4, 0.5) is 0 Å². The van der Waals surface area contributed by atoms with E-state index in [2.05, 4.69) is 0 Å². The molecule has 0 aliphatic carbocycles. The standard InChI is InChI=1S/C12H18ClNO2/c1-14(8-9-15)7-6-12(16)10-4-2-3-5-11(10)13/h2-5,12,15-16H,6-9H2,1H3. The van der Waals surface area contributed by atoms with E-state index in [1.165, 1.54) is 0 Å². The van der Waals surface area contributed by atoms with Gasteiger partial charge in [-0.1, -0.05) is 29.8 Å². The van der Waals surface area contributed by atoms with Crippen molar-refractivity contribution in [3.05, 3.63) is 34.9 Å². The van der Waals surface area contributed by atoms with Crippen molar-refractivity contribution in [2.24, 2.45) is 0 Å². The lowest BCUT2D eigenvalue weighted by atomic mass is 10.1. The summed E-state index contributed by atoms with van der Waals surface area (Å²) in [6.45, 7) is 1.49. The van der Waals surface area contributed by atoms with E-state index >= 15 is 0 Å². The van der Waals surface area contributed by atoms with E-state index in [-0.39, 0.29) is 6.61 Å². The smallest absolute Gasteiger partial charge is 0.0816 e. The topological polar surface area (TPSA) is 43.7 Å². The average Bonchev–Trinajstić information content (AvgIpc) is 2.27. The van der Waals surface area contributed by atoms with E-state index in [0.29, 0.717) is 18.0 Å². The van der Waals surface area contributed by atoms with Crippen molar-refractivity contribution in [2.75, 3.05) is 26.7 Å². The summed E-state index contributed by atoms with van der Waals surface area (Å²) in [5.74, 6) is 0. The predicted molar refractivity (Wildman–Crippen MR) is 65.6 cm³/mol. The SMILES string of the molecule is CN(CCO)CCC(O)c1ccccc1Cl. The van der Waals surface area contributed by atoms with Gasteiger partial charge in [-0.25, -0.2) is 0 Å². The van der Waals surface area contributed by atoms with Gasteiger partial charge in [0.05, 0.1) is 12.7 Å². The van der Waals surface area contributed by atoms with Crippen molar-refractivity contribution in [3.8, 4) is 0 Å². The Labute approximate surface area is 101 Å². The number of nitrogens with zero attached hydrogens (tertiary/aromatic N) is 1. The van der Waals surface area contributed by atoms with E-state index in [1.54, 1.807) is 6.07 Å². The lowest BCUT2D eigenvalue weighted by Crippen LogP contribution is -2.24. The number of rotatable bonds is 6. The third-order valence-corrected chi connectivity index (χ3v) is 2.87. The van der Waals surface area contributed by atoms with Crippen LogP contribution in [-0.4, -0.2) is 41.9 Å². The zero-order chi connectivity index (χ0) is 12.0. The number of aliphatic hydroxyl groups is 2. The molecule has 0 amide bonds. The molecule has 0 aliphatic heterocycles. The molecule has 2 N–H and O–H groups in total. The highest BCUT2D eigenvalue weighted by molar-refractivity contribution is 6.31. The summed E-state index contributed by atoms with van der Waals surface area (Å²) < 4.78 is 0. The molecule has 0 heterocycles. The minimum Gasteiger partial charge on any atom is -0.395 e. The number of aliphatic hydroxyl groups excluding tert-OH is 2. The van der Waals surface area contributed by atoms with E-state index in [0.717, 1.165) is 12.1 Å². The third kappa shape index (κ3) is 4.10. The van der Waals surface area contributed by atoms with Crippen molar-refractivity contribution >= 4 is 11.6 Å². The molecule has 0 saturated carbocycles. The first-order valence-corrected chi connectivity index (χ1v) is 5.75. The summed E-state index contributed by atoms with van der Waals surface area (Å²) in [6, 6.07) is 7.31. The van der Waals surface area contributed by atoms with E-state index < -0.39 is 6.10 Å². The third-order valence-electron chi connectivity index (χ3n) is 2.53. The zero-order valence-corrected chi connectivity index (χ0v) is 10.2. The monoisotopic (exact) mass is 243 g/mol. The van der Waals surface area contributed by atoms with Crippen LogP contribution in [0.1, 0.15) is 18.1 Å².